The first-order chi connectivity index (χ1) is 12.4. The third-order valence-corrected chi connectivity index (χ3v) is 4.87. The minimum absolute atomic E-state index is 0.0122. The molecule has 0 aromatic heterocycles. The Hall–Kier alpha value is -2.45. The molecule has 0 aliphatic rings. The summed E-state index contributed by atoms with van der Waals surface area (Å²) in [5, 5.41) is 19.7. The van der Waals surface area contributed by atoms with Crippen LogP contribution in [-0.2, 0) is 20.9 Å². The lowest BCUT2D eigenvalue weighted by Gasteiger charge is -2.33. The number of unbranched alkanes of at least 4 members (excludes halogenated alkanes) is 2. The van der Waals surface area contributed by atoms with E-state index in [1.165, 1.54) is 0 Å². The van der Waals surface area contributed by atoms with Crippen LogP contribution in [0.1, 0.15) is 32.1 Å². The Balaban J connectivity index is 2.25. The number of anilines is 1. The number of carbonyl (C=O) groups is 2. The molecular weight excluding hydrogens is 358 g/mol. The Morgan fingerprint density at radius 1 is 1.04 bits per heavy atom. The number of benzene rings is 2. The maximum absolute atomic E-state index is 11.9. The molecule has 0 aliphatic carbocycles. The fourth-order valence-electron chi connectivity index (χ4n) is 2.88. The first-order valence-corrected chi connectivity index (χ1v) is 9.26. The van der Waals surface area contributed by atoms with E-state index in [4.69, 9.17) is 5.11 Å². The van der Waals surface area contributed by atoms with E-state index in [0.29, 0.717) is 30.3 Å². The normalized spacial score (nSPS) is 13.3. The number of fused-ring (bicyclic) bond motifs is 1. The van der Waals surface area contributed by atoms with Crippen LogP contribution in [0.25, 0.3) is 10.8 Å². The van der Waals surface area contributed by atoms with Gasteiger partial charge in [0.2, 0.25) is 0 Å². The van der Waals surface area contributed by atoms with Gasteiger partial charge in [0.1, 0.15) is 6.04 Å². The van der Waals surface area contributed by atoms with Crippen LogP contribution in [0.2, 0.25) is 0 Å². The summed E-state index contributed by atoms with van der Waals surface area (Å²) >= 11 is -2.77. The van der Waals surface area contributed by atoms with Crippen LogP contribution in [0.4, 0.5) is 5.69 Å². The predicted octanol–water partition coefficient (Wildman–Crippen LogP) is 2.93. The standard InChI is InChI=1S/C18H21NO6S/c20-17(21)12-3-1-2-10-16(18(22)23)19(26(24)25)15-11-6-8-13-7-4-5-9-14(13)15/h4-9,11,16H,1-3,10,12H2,(H,20,21)(H,22,23)(H,24,25)/p-1. The van der Waals surface area contributed by atoms with Crippen LogP contribution in [-0.4, -0.2) is 37.0 Å². The average molecular weight is 378 g/mol. The van der Waals surface area contributed by atoms with Gasteiger partial charge in [0.15, 0.2) is 0 Å². The van der Waals surface area contributed by atoms with Gasteiger partial charge in [-0.3, -0.25) is 13.3 Å². The van der Waals surface area contributed by atoms with Crippen molar-refractivity contribution < 1.29 is 28.6 Å². The molecule has 0 fully saturated rings. The lowest BCUT2D eigenvalue weighted by molar-refractivity contribution is -0.139. The summed E-state index contributed by atoms with van der Waals surface area (Å²) < 4.78 is 24.6. The van der Waals surface area contributed by atoms with Crippen molar-refractivity contribution >= 4 is 39.7 Å². The minimum Gasteiger partial charge on any atom is -0.755 e. The van der Waals surface area contributed by atoms with Crippen molar-refractivity contribution in [2.75, 3.05) is 4.31 Å². The zero-order valence-corrected chi connectivity index (χ0v) is 14.9. The monoisotopic (exact) mass is 378 g/mol. The van der Waals surface area contributed by atoms with Gasteiger partial charge in [0.05, 0.1) is 5.69 Å². The molecule has 8 heteroatoms. The Kier molecular flexibility index (Phi) is 7.11. The second-order valence-corrected chi connectivity index (χ2v) is 6.72. The summed E-state index contributed by atoms with van der Waals surface area (Å²) in [6.07, 6.45) is 1.48. The van der Waals surface area contributed by atoms with E-state index in [1.54, 1.807) is 24.3 Å². The molecule has 2 rings (SSSR count). The van der Waals surface area contributed by atoms with Gasteiger partial charge in [-0.1, -0.05) is 49.2 Å². The highest BCUT2D eigenvalue weighted by atomic mass is 32.2. The highest BCUT2D eigenvalue weighted by Crippen LogP contribution is 2.30. The Morgan fingerprint density at radius 3 is 2.38 bits per heavy atom. The molecule has 0 saturated heterocycles. The number of carboxylic acids is 2. The number of hydrogen-bond donors (Lipinski definition) is 2. The van der Waals surface area contributed by atoms with Gasteiger partial charge in [0, 0.05) is 23.1 Å². The molecule has 26 heavy (non-hydrogen) atoms. The fourth-order valence-corrected chi connectivity index (χ4v) is 3.61. The summed E-state index contributed by atoms with van der Waals surface area (Å²) in [7, 11) is 0. The van der Waals surface area contributed by atoms with E-state index < -0.39 is 29.2 Å². The van der Waals surface area contributed by atoms with Gasteiger partial charge in [-0.25, -0.2) is 4.79 Å². The molecule has 0 amide bonds. The molecule has 7 nitrogen and oxygen atoms in total. The molecule has 0 radical (unpaired) electrons. The molecule has 0 bridgehead atoms. The van der Waals surface area contributed by atoms with Gasteiger partial charge in [0.25, 0.3) is 0 Å². The molecule has 2 N–H and O–H groups in total. The largest absolute Gasteiger partial charge is 0.755 e. The third-order valence-electron chi connectivity index (χ3n) is 4.10. The zero-order chi connectivity index (χ0) is 19.1. The highest BCUT2D eigenvalue weighted by molar-refractivity contribution is 7.80. The van der Waals surface area contributed by atoms with E-state index in [-0.39, 0.29) is 12.8 Å². The lowest BCUT2D eigenvalue weighted by Crippen LogP contribution is -2.42. The van der Waals surface area contributed by atoms with E-state index >= 15 is 0 Å². The van der Waals surface area contributed by atoms with E-state index in [0.717, 1.165) is 9.69 Å². The van der Waals surface area contributed by atoms with Crippen molar-refractivity contribution in [3.05, 3.63) is 42.5 Å². The van der Waals surface area contributed by atoms with Crippen molar-refractivity contribution in [2.45, 2.75) is 38.1 Å². The number of nitrogens with zero attached hydrogens (tertiary/aromatic N) is 1. The van der Waals surface area contributed by atoms with Gasteiger partial charge in [-0.2, -0.15) is 0 Å². The van der Waals surface area contributed by atoms with Gasteiger partial charge in [-0.15, -0.1) is 0 Å². The Morgan fingerprint density at radius 2 is 1.73 bits per heavy atom. The van der Waals surface area contributed by atoms with Crippen molar-refractivity contribution in [3.63, 3.8) is 0 Å². The molecule has 0 spiro atoms. The van der Waals surface area contributed by atoms with E-state index in [9.17, 15) is 23.5 Å². The first kappa shape index (κ1) is 19.9. The SMILES string of the molecule is O=C(O)CCCCCC(C(=O)O)N(c1cccc2ccccc12)S(=O)[O-]. The van der Waals surface area contributed by atoms with Gasteiger partial charge < -0.3 is 14.8 Å². The maximum Gasteiger partial charge on any atom is 0.327 e. The lowest BCUT2D eigenvalue weighted by atomic mass is 10.0. The van der Waals surface area contributed by atoms with Gasteiger partial charge >= 0.3 is 11.9 Å². The molecule has 0 heterocycles. The van der Waals surface area contributed by atoms with E-state index in [2.05, 4.69) is 0 Å². The van der Waals surface area contributed by atoms with Crippen LogP contribution < -0.4 is 4.31 Å². The summed E-state index contributed by atoms with van der Waals surface area (Å²) in [6.45, 7) is 0. The summed E-state index contributed by atoms with van der Waals surface area (Å²) in [5.74, 6) is -2.14. The zero-order valence-electron chi connectivity index (χ0n) is 14.0. The van der Waals surface area contributed by atoms with Crippen molar-refractivity contribution in [2.24, 2.45) is 0 Å². The highest BCUT2D eigenvalue weighted by Gasteiger charge is 2.27. The molecule has 2 aromatic rings. The van der Waals surface area contributed by atoms with Crippen LogP contribution >= 0.6 is 0 Å². The maximum atomic E-state index is 11.9. The molecule has 140 valence electrons. The molecule has 0 saturated carbocycles. The van der Waals surface area contributed by atoms with Crippen LogP contribution in [0.15, 0.2) is 42.5 Å². The second-order valence-electron chi connectivity index (χ2n) is 5.89. The van der Waals surface area contributed by atoms with E-state index in [1.807, 2.05) is 18.2 Å². The first-order valence-electron chi connectivity index (χ1n) is 8.23. The smallest absolute Gasteiger partial charge is 0.327 e. The number of aliphatic carboxylic acids is 2. The van der Waals surface area contributed by atoms with Crippen molar-refractivity contribution in [3.8, 4) is 0 Å². The average Bonchev–Trinajstić information content (AvgIpc) is 2.59. The Bertz CT molecular complexity index is 804. The van der Waals surface area contributed by atoms with Crippen LogP contribution in [0.5, 0.6) is 0 Å². The molecule has 2 atom stereocenters. The molecule has 2 unspecified atom stereocenters. The Labute approximate surface area is 153 Å². The fraction of sp³-hybridized carbons (Fsp3) is 0.333. The third kappa shape index (κ3) is 5.03. The van der Waals surface area contributed by atoms with Gasteiger partial charge in [-0.05, 0) is 24.3 Å². The topological polar surface area (TPSA) is 118 Å². The second kappa shape index (κ2) is 9.30. The van der Waals surface area contributed by atoms with Crippen molar-refractivity contribution in [1.82, 2.24) is 0 Å². The van der Waals surface area contributed by atoms with Crippen LogP contribution in [0, 0.1) is 0 Å². The van der Waals surface area contributed by atoms with Crippen LogP contribution in [0.3, 0.4) is 0 Å². The summed E-state index contributed by atoms with van der Waals surface area (Å²) in [4.78, 5) is 22.2. The number of carboxylic acid groups (broad SMARTS) is 2. The summed E-state index contributed by atoms with van der Waals surface area (Å²) in [6, 6.07) is 11.0. The minimum atomic E-state index is -2.77. The summed E-state index contributed by atoms with van der Waals surface area (Å²) in [5.41, 5.74) is 0.314. The number of hydrogen-bond acceptors (Lipinski definition) is 4. The molecular formula is C18H20NO6S-. The van der Waals surface area contributed by atoms with Crippen molar-refractivity contribution in [1.29, 1.82) is 0 Å². The molecule has 0 aliphatic heterocycles. The molecule has 2 aromatic carbocycles. The number of rotatable bonds is 10. The predicted molar refractivity (Wildman–Crippen MR) is 97.5 cm³/mol. The quantitative estimate of drug-likeness (QED) is 0.485.